The van der Waals surface area contributed by atoms with Gasteiger partial charge in [0.25, 0.3) is 0 Å². The van der Waals surface area contributed by atoms with Gasteiger partial charge in [-0.15, -0.1) is 10.2 Å². The fraction of sp³-hybridized carbons (Fsp3) is 0.240. The van der Waals surface area contributed by atoms with Crippen LogP contribution in [-0.4, -0.2) is 26.4 Å². The van der Waals surface area contributed by atoms with E-state index in [0.29, 0.717) is 23.5 Å². The first-order valence-electron chi connectivity index (χ1n) is 10.6. The molecular formula is C25H25IN4O2S. The van der Waals surface area contributed by atoms with Gasteiger partial charge in [0, 0.05) is 21.7 Å². The van der Waals surface area contributed by atoms with Crippen LogP contribution in [0.15, 0.2) is 65.8 Å². The minimum absolute atomic E-state index is 0.0698. The quantitative estimate of drug-likeness (QED) is 0.207. The fourth-order valence-corrected chi connectivity index (χ4v) is 4.75. The number of aromatic nitrogens is 3. The molecule has 1 amide bonds. The van der Waals surface area contributed by atoms with Crippen LogP contribution in [0.2, 0.25) is 0 Å². The van der Waals surface area contributed by atoms with E-state index in [4.69, 9.17) is 4.74 Å². The van der Waals surface area contributed by atoms with E-state index in [1.54, 1.807) is 0 Å². The smallest absolute Gasteiger partial charge is 0.234 e. The van der Waals surface area contributed by atoms with Crippen LogP contribution in [0, 0.1) is 3.57 Å². The Morgan fingerprint density at radius 1 is 1.12 bits per heavy atom. The molecule has 33 heavy (non-hydrogen) atoms. The average molecular weight is 572 g/mol. The third-order valence-electron chi connectivity index (χ3n) is 5.27. The topological polar surface area (TPSA) is 69.0 Å². The number of thioether (sulfide) groups is 1. The Labute approximate surface area is 211 Å². The summed E-state index contributed by atoms with van der Waals surface area (Å²) in [6.45, 7) is 4.54. The molecule has 0 atom stereocenters. The van der Waals surface area contributed by atoms with E-state index in [9.17, 15) is 4.79 Å². The first kappa shape index (κ1) is 23.6. The van der Waals surface area contributed by atoms with Crippen LogP contribution in [0.3, 0.4) is 0 Å². The number of carbonyl (C=O) groups is 1. The molecule has 0 fully saturated rings. The van der Waals surface area contributed by atoms with E-state index < -0.39 is 0 Å². The minimum Gasteiger partial charge on any atom is -0.485 e. The molecule has 4 rings (SSSR count). The van der Waals surface area contributed by atoms with Gasteiger partial charge in [-0.25, -0.2) is 0 Å². The molecule has 170 valence electrons. The second kappa shape index (κ2) is 10.6. The Morgan fingerprint density at radius 2 is 1.91 bits per heavy atom. The van der Waals surface area contributed by atoms with Crippen LogP contribution in [0.4, 0.5) is 5.69 Å². The molecule has 1 heterocycles. The molecule has 4 aromatic rings. The van der Waals surface area contributed by atoms with Crippen molar-refractivity contribution in [2.75, 3.05) is 11.1 Å². The Morgan fingerprint density at radius 3 is 2.73 bits per heavy atom. The molecule has 0 bridgehead atoms. The van der Waals surface area contributed by atoms with Crippen LogP contribution < -0.4 is 10.1 Å². The largest absolute Gasteiger partial charge is 0.485 e. The third kappa shape index (κ3) is 5.67. The van der Waals surface area contributed by atoms with Crippen molar-refractivity contribution in [2.45, 2.75) is 31.5 Å². The van der Waals surface area contributed by atoms with Crippen molar-refractivity contribution in [3.8, 4) is 5.75 Å². The lowest BCUT2D eigenvalue weighted by atomic mass is 10.0. The van der Waals surface area contributed by atoms with Gasteiger partial charge in [0.1, 0.15) is 12.4 Å². The van der Waals surface area contributed by atoms with Crippen LogP contribution in [0.1, 0.15) is 31.2 Å². The second-order valence-electron chi connectivity index (χ2n) is 7.95. The van der Waals surface area contributed by atoms with Gasteiger partial charge >= 0.3 is 0 Å². The van der Waals surface area contributed by atoms with Gasteiger partial charge < -0.3 is 14.6 Å². The monoisotopic (exact) mass is 572 g/mol. The summed E-state index contributed by atoms with van der Waals surface area (Å²) in [4.78, 5) is 12.6. The lowest BCUT2D eigenvalue weighted by Gasteiger charge is -2.14. The number of hydrogen-bond acceptors (Lipinski definition) is 5. The molecule has 1 aromatic heterocycles. The summed E-state index contributed by atoms with van der Waals surface area (Å²) in [5.41, 5.74) is 1.99. The fourth-order valence-electron chi connectivity index (χ4n) is 3.50. The highest BCUT2D eigenvalue weighted by molar-refractivity contribution is 14.1. The molecule has 0 aliphatic carbocycles. The van der Waals surface area contributed by atoms with Gasteiger partial charge in [-0.3, -0.25) is 4.79 Å². The number of rotatable bonds is 8. The number of ether oxygens (including phenoxy) is 1. The van der Waals surface area contributed by atoms with Crippen molar-refractivity contribution in [3.05, 3.63) is 75.6 Å². The maximum absolute atomic E-state index is 12.6. The van der Waals surface area contributed by atoms with Crippen LogP contribution in [0.5, 0.6) is 5.75 Å². The van der Waals surface area contributed by atoms with Crippen molar-refractivity contribution in [3.63, 3.8) is 0 Å². The average Bonchev–Trinajstić information content (AvgIpc) is 3.16. The second-order valence-corrected chi connectivity index (χ2v) is 10.1. The molecule has 1 N–H and O–H groups in total. The summed E-state index contributed by atoms with van der Waals surface area (Å²) in [6, 6.07) is 20.2. The van der Waals surface area contributed by atoms with E-state index in [0.717, 1.165) is 31.3 Å². The number of hydrogen-bond donors (Lipinski definition) is 1. The van der Waals surface area contributed by atoms with Gasteiger partial charge in [0.05, 0.1) is 5.75 Å². The highest BCUT2D eigenvalue weighted by Crippen LogP contribution is 2.28. The summed E-state index contributed by atoms with van der Waals surface area (Å²) < 4.78 is 9.06. The molecule has 6 nitrogen and oxygen atoms in total. The van der Waals surface area contributed by atoms with E-state index in [2.05, 4.69) is 70.2 Å². The highest BCUT2D eigenvalue weighted by atomic mass is 127. The van der Waals surface area contributed by atoms with E-state index in [1.165, 1.54) is 11.8 Å². The molecular weight excluding hydrogens is 547 g/mol. The maximum Gasteiger partial charge on any atom is 0.234 e. The number of nitrogens with zero attached hydrogens (tertiary/aromatic N) is 3. The number of anilines is 1. The first-order chi connectivity index (χ1) is 15.9. The molecule has 0 saturated carbocycles. The molecule has 8 heteroatoms. The lowest BCUT2D eigenvalue weighted by molar-refractivity contribution is -0.113. The Hall–Kier alpha value is -2.59. The number of benzene rings is 3. The summed E-state index contributed by atoms with van der Waals surface area (Å²) in [5.74, 6) is 2.01. The van der Waals surface area contributed by atoms with Gasteiger partial charge in [0.15, 0.2) is 11.0 Å². The summed E-state index contributed by atoms with van der Waals surface area (Å²) >= 11 is 3.65. The van der Waals surface area contributed by atoms with Gasteiger partial charge in [-0.2, -0.15) is 0 Å². The lowest BCUT2D eigenvalue weighted by Crippen LogP contribution is -2.16. The minimum atomic E-state index is -0.0698. The zero-order chi connectivity index (χ0) is 23.4. The van der Waals surface area contributed by atoms with E-state index >= 15 is 0 Å². The van der Waals surface area contributed by atoms with Crippen molar-refractivity contribution in [1.29, 1.82) is 0 Å². The number of nitrogens with one attached hydrogen (secondary N) is 1. The summed E-state index contributed by atoms with van der Waals surface area (Å²) in [6.07, 6.45) is 0. The molecule has 0 radical (unpaired) electrons. The zero-order valence-electron chi connectivity index (χ0n) is 18.7. The van der Waals surface area contributed by atoms with Gasteiger partial charge in [0.2, 0.25) is 5.91 Å². The Kier molecular flexibility index (Phi) is 7.54. The standard InChI is InChI=1S/C25H25IN4O2S/c1-16(2)20-13-18(26)11-12-21(20)27-24(31)15-33-25-29-28-23(30(25)3)14-32-22-10-6-8-17-7-4-5-9-19(17)22/h4-13,16H,14-15H2,1-3H3,(H,27,31). The number of amides is 1. The molecule has 0 aliphatic rings. The molecule has 0 saturated heterocycles. The van der Waals surface area contributed by atoms with Crippen molar-refractivity contribution in [1.82, 2.24) is 14.8 Å². The third-order valence-corrected chi connectivity index (χ3v) is 6.96. The predicted molar refractivity (Wildman–Crippen MR) is 142 cm³/mol. The summed E-state index contributed by atoms with van der Waals surface area (Å²) in [7, 11) is 1.89. The van der Waals surface area contributed by atoms with E-state index in [-0.39, 0.29) is 11.7 Å². The van der Waals surface area contributed by atoms with Crippen molar-refractivity contribution >= 4 is 56.7 Å². The normalized spacial score (nSPS) is 11.2. The molecule has 0 spiro atoms. The zero-order valence-corrected chi connectivity index (χ0v) is 21.7. The van der Waals surface area contributed by atoms with Gasteiger partial charge in [-0.05, 0) is 63.7 Å². The number of carbonyl (C=O) groups excluding carboxylic acids is 1. The maximum atomic E-state index is 12.6. The van der Waals surface area contributed by atoms with Gasteiger partial charge in [-0.1, -0.05) is 62.0 Å². The van der Waals surface area contributed by atoms with Crippen LogP contribution >= 0.6 is 34.4 Å². The predicted octanol–water partition coefficient (Wildman–Crippen LogP) is 6.01. The SMILES string of the molecule is CC(C)c1cc(I)ccc1NC(=O)CSc1nnc(COc2cccc3ccccc23)n1C. The number of halogens is 1. The van der Waals surface area contributed by atoms with Crippen LogP contribution in [0.25, 0.3) is 10.8 Å². The highest BCUT2D eigenvalue weighted by Gasteiger charge is 2.14. The molecule has 0 aliphatic heterocycles. The van der Waals surface area contributed by atoms with Crippen LogP contribution in [-0.2, 0) is 18.4 Å². The van der Waals surface area contributed by atoms with E-state index in [1.807, 2.05) is 54.1 Å². The van der Waals surface area contributed by atoms with Crippen molar-refractivity contribution < 1.29 is 9.53 Å². The number of fused-ring (bicyclic) bond motifs is 1. The van der Waals surface area contributed by atoms with Crippen molar-refractivity contribution in [2.24, 2.45) is 7.05 Å². The molecule has 0 unspecified atom stereocenters. The summed E-state index contributed by atoms with van der Waals surface area (Å²) in [5, 5.41) is 14.4. The first-order valence-corrected chi connectivity index (χ1v) is 12.7. The molecule has 3 aromatic carbocycles. The Balaban J connectivity index is 1.37. The Bertz CT molecular complexity index is 1280.